The molecule has 0 radical (unpaired) electrons. The minimum absolute atomic E-state index is 0.546. The molecule has 2 aromatic carbocycles. The minimum atomic E-state index is 0.546. The number of benzene rings is 2. The smallest absolute Gasteiger partial charge is 0.165 e. The molecule has 0 bridgehead atoms. The summed E-state index contributed by atoms with van der Waals surface area (Å²) >= 11 is 8.16. The van der Waals surface area contributed by atoms with Crippen molar-refractivity contribution in [2.75, 3.05) is 27.5 Å². The Morgan fingerprint density at radius 2 is 1.81 bits per heavy atom. The largest absolute Gasteiger partial charge is 0.493 e. The zero-order valence-corrected chi connectivity index (χ0v) is 17.5. The summed E-state index contributed by atoms with van der Waals surface area (Å²) in [5.41, 5.74) is 2.99. The third-order valence-electron chi connectivity index (χ3n) is 4.42. The van der Waals surface area contributed by atoms with Crippen LogP contribution in [0.4, 0.5) is 0 Å². The average Bonchev–Trinajstić information content (AvgIpc) is 2.67. The van der Waals surface area contributed by atoms with Gasteiger partial charge in [-0.05, 0) is 37.6 Å². The zero-order chi connectivity index (χ0) is 19.4. The lowest BCUT2D eigenvalue weighted by molar-refractivity contribution is 0.303. The van der Waals surface area contributed by atoms with Crippen molar-refractivity contribution >= 4 is 34.3 Å². The first-order chi connectivity index (χ1) is 13.0. The predicted molar refractivity (Wildman–Crippen MR) is 113 cm³/mol. The molecule has 0 aliphatic heterocycles. The van der Waals surface area contributed by atoms with Crippen LogP contribution >= 0.6 is 23.4 Å². The van der Waals surface area contributed by atoms with E-state index in [1.54, 1.807) is 26.0 Å². The molecule has 0 saturated carbocycles. The van der Waals surface area contributed by atoms with Crippen molar-refractivity contribution in [2.24, 2.45) is 0 Å². The second kappa shape index (κ2) is 8.83. The first-order valence-electron chi connectivity index (χ1n) is 8.57. The van der Waals surface area contributed by atoms with E-state index in [0.717, 1.165) is 33.5 Å². The van der Waals surface area contributed by atoms with Crippen molar-refractivity contribution in [3.05, 3.63) is 58.7 Å². The van der Waals surface area contributed by atoms with E-state index < -0.39 is 0 Å². The van der Waals surface area contributed by atoms with Gasteiger partial charge in [-0.2, -0.15) is 0 Å². The Bertz CT molecular complexity index is 949. The number of para-hydroxylation sites is 1. The van der Waals surface area contributed by atoms with E-state index in [-0.39, 0.29) is 0 Å². The number of ether oxygens (including phenoxy) is 2. The summed E-state index contributed by atoms with van der Waals surface area (Å²) in [6.45, 7) is 1.40. The molecule has 0 aliphatic rings. The molecule has 0 fully saturated rings. The number of aromatic nitrogens is 1. The molecule has 6 heteroatoms. The van der Waals surface area contributed by atoms with E-state index in [0.29, 0.717) is 18.2 Å². The Kier molecular flexibility index (Phi) is 6.47. The van der Waals surface area contributed by atoms with Crippen LogP contribution in [0.15, 0.2) is 47.4 Å². The standard InChI is InChI=1S/C21H23ClN2O2S/c1-24(12-15-6-5-7-19(25-2)20(15)26-3)13-16-10-14-8-9-17(27-4)11-18(14)23-21(16)22/h5-11H,12-13H2,1-4H3. The van der Waals surface area contributed by atoms with Gasteiger partial charge < -0.3 is 9.47 Å². The second-order valence-corrected chi connectivity index (χ2v) is 7.56. The lowest BCUT2D eigenvalue weighted by Crippen LogP contribution is -2.18. The fraction of sp³-hybridized carbons (Fsp3) is 0.286. The van der Waals surface area contributed by atoms with Crippen LogP contribution in [0.5, 0.6) is 11.5 Å². The molecule has 0 unspecified atom stereocenters. The van der Waals surface area contributed by atoms with Gasteiger partial charge in [-0.25, -0.2) is 4.98 Å². The number of nitrogens with zero attached hydrogens (tertiary/aromatic N) is 2. The molecule has 0 spiro atoms. The highest BCUT2D eigenvalue weighted by Gasteiger charge is 2.13. The number of rotatable bonds is 7. The van der Waals surface area contributed by atoms with Crippen LogP contribution in [0.3, 0.4) is 0 Å². The highest BCUT2D eigenvalue weighted by atomic mass is 35.5. The van der Waals surface area contributed by atoms with Crippen LogP contribution in [0.1, 0.15) is 11.1 Å². The lowest BCUT2D eigenvalue weighted by Gasteiger charge is -2.20. The van der Waals surface area contributed by atoms with E-state index in [1.807, 2.05) is 18.2 Å². The maximum Gasteiger partial charge on any atom is 0.165 e. The number of thioether (sulfide) groups is 1. The molecule has 1 heterocycles. The summed E-state index contributed by atoms with van der Waals surface area (Å²) in [7, 11) is 5.36. The van der Waals surface area contributed by atoms with E-state index in [1.165, 1.54) is 4.90 Å². The fourth-order valence-corrected chi connectivity index (χ4v) is 3.76. The Morgan fingerprint density at radius 1 is 1.04 bits per heavy atom. The van der Waals surface area contributed by atoms with Crippen molar-refractivity contribution < 1.29 is 9.47 Å². The molecule has 0 atom stereocenters. The molecule has 0 N–H and O–H groups in total. The summed E-state index contributed by atoms with van der Waals surface area (Å²) < 4.78 is 10.9. The third-order valence-corrected chi connectivity index (χ3v) is 5.47. The lowest BCUT2D eigenvalue weighted by atomic mass is 10.1. The Morgan fingerprint density at radius 3 is 2.52 bits per heavy atom. The summed E-state index contributed by atoms with van der Waals surface area (Å²) in [6.07, 6.45) is 2.05. The molecule has 0 aliphatic carbocycles. The zero-order valence-electron chi connectivity index (χ0n) is 16.0. The molecule has 1 aromatic heterocycles. The molecule has 0 saturated heterocycles. The van der Waals surface area contributed by atoms with E-state index in [4.69, 9.17) is 21.1 Å². The molecule has 3 rings (SSSR count). The second-order valence-electron chi connectivity index (χ2n) is 6.32. The molecular formula is C21H23ClN2O2S. The number of methoxy groups -OCH3 is 2. The van der Waals surface area contributed by atoms with Gasteiger partial charge >= 0.3 is 0 Å². The monoisotopic (exact) mass is 402 g/mol. The summed E-state index contributed by atoms with van der Waals surface area (Å²) in [5.74, 6) is 1.50. The molecule has 4 nitrogen and oxygen atoms in total. The Labute approximate surface area is 169 Å². The number of halogens is 1. The van der Waals surface area contributed by atoms with Crippen molar-refractivity contribution in [2.45, 2.75) is 18.0 Å². The summed E-state index contributed by atoms with van der Waals surface area (Å²) in [6, 6.07) is 14.3. The Balaban J connectivity index is 1.82. The van der Waals surface area contributed by atoms with Gasteiger partial charge in [0, 0.05) is 34.5 Å². The van der Waals surface area contributed by atoms with Crippen LogP contribution in [-0.4, -0.2) is 37.4 Å². The van der Waals surface area contributed by atoms with Crippen LogP contribution < -0.4 is 9.47 Å². The van der Waals surface area contributed by atoms with E-state index >= 15 is 0 Å². The van der Waals surface area contributed by atoms with E-state index in [2.05, 4.69) is 47.5 Å². The number of hydrogen-bond acceptors (Lipinski definition) is 5. The highest BCUT2D eigenvalue weighted by molar-refractivity contribution is 7.98. The van der Waals surface area contributed by atoms with Gasteiger partial charge in [0.15, 0.2) is 11.5 Å². The topological polar surface area (TPSA) is 34.6 Å². The fourth-order valence-electron chi connectivity index (χ4n) is 3.12. The van der Waals surface area contributed by atoms with Crippen LogP contribution in [-0.2, 0) is 13.1 Å². The first kappa shape index (κ1) is 19.8. The summed E-state index contributed by atoms with van der Waals surface area (Å²) in [4.78, 5) is 7.95. The van der Waals surface area contributed by atoms with Gasteiger partial charge in [-0.15, -0.1) is 11.8 Å². The SMILES string of the molecule is COc1cccc(CN(C)Cc2cc3ccc(SC)cc3nc2Cl)c1OC. The van der Waals surface area contributed by atoms with Crippen molar-refractivity contribution in [1.82, 2.24) is 9.88 Å². The maximum absolute atomic E-state index is 6.46. The highest BCUT2D eigenvalue weighted by Crippen LogP contribution is 2.32. The number of fused-ring (bicyclic) bond motifs is 1. The van der Waals surface area contributed by atoms with Gasteiger partial charge in [0.25, 0.3) is 0 Å². The van der Waals surface area contributed by atoms with Gasteiger partial charge in [-0.3, -0.25) is 4.90 Å². The molecule has 0 amide bonds. The van der Waals surface area contributed by atoms with Crippen molar-refractivity contribution in [1.29, 1.82) is 0 Å². The van der Waals surface area contributed by atoms with Crippen LogP contribution in [0, 0.1) is 0 Å². The Hall–Kier alpha value is -1.95. The molecule has 3 aromatic rings. The summed E-state index contributed by atoms with van der Waals surface area (Å²) in [5, 5.41) is 1.64. The maximum atomic E-state index is 6.46. The molecule has 27 heavy (non-hydrogen) atoms. The number of pyridine rings is 1. The average molecular weight is 403 g/mol. The van der Waals surface area contributed by atoms with Gasteiger partial charge in [0.05, 0.1) is 19.7 Å². The van der Waals surface area contributed by atoms with E-state index in [9.17, 15) is 0 Å². The number of hydrogen-bond donors (Lipinski definition) is 0. The normalized spacial score (nSPS) is 11.2. The van der Waals surface area contributed by atoms with Gasteiger partial charge in [0.1, 0.15) is 5.15 Å². The first-order valence-corrected chi connectivity index (χ1v) is 10.2. The van der Waals surface area contributed by atoms with Gasteiger partial charge in [0.2, 0.25) is 0 Å². The predicted octanol–water partition coefficient (Wildman–Crippen LogP) is 5.26. The molecule has 142 valence electrons. The van der Waals surface area contributed by atoms with Crippen molar-refractivity contribution in [3.8, 4) is 11.5 Å². The third kappa shape index (κ3) is 4.49. The van der Waals surface area contributed by atoms with Crippen molar-refractivity contribution in [3.63, 3.8) is 0 Å². The quantitative estimate of drug-likeness (QED) is 0.398. The van der Waals surface area contributed by atoms with Gasteiger partial charge in [-0.1, -0.05) is 29.8 Å². The molecular weight excluding hydrogens is 380 g/mol. The van der Waals surface area contributed by atoms with Crippen LogP contribution in [0.25, 0.3) is 10.9 Å². The minimum Gasteiger partial charge on any atom is -0.493 e. The van der Waals surface area contributed by atoms with Crippen LogP contribution in [0.2, 0.25) is 5.15 Å².